The lowest BCUT2D eigenvalue weighted by Gasteiger charge is -2.37. The number of morpholine rings is 1. The predicted octanol–water partition coefficient (Wildman–Crippen LogP) is 3.42. The van der Waals surface area contributed by atoms with Gasteiger partial charge in [-0.25, -0.2) is 15.0 Å². The number of nitrogens with zero attached hydrogens (tertiary/aromatic N) is 6. The molecule has 0 spiro atoms. The molecule has 6 rings (SSSR count). The SMILES string of the molecule is C1=CCCC(CN2CCc3ncnc(N4CCCC(Nc5cc(N6CCOCC6)ccn5)C4)c3C2)=C1. The summed E-state index contributed by atoms with van der Waals surface area (Å²) in [6, 6.07) is 4.63. The molecule has 2 aromatic rings. The molecule has 0 bridgehead atoms. The lowest BCUT2D eigenvalue weighted by Crippen LogP contribution is -2.44. The number of nitrogens with one attached hydrogen (secondary N) is 1. The first kappa shape index (κ1) is 23.4. The Labute approximate surface area is 214 Å². The third-order valence-electron chi connectivity index (χ3n) is 7.78. The summed E-state index contributed by atoms with van der Waals surface area (Å²) in [4.78, 5) is 21.5. The van der Waals surface area contributed by atoms with Crippen molar-refractivity contribution in [3.05, 3.63) is 59.7 Å². The van der Waals surface area contributed by atoms with Crippen LogP contribution in [0.15, 0.2) is 48.5 Å². The van der Waals surface area contributed by atoms with Gasteiger partial charge >= 0.3 is 0 Å². The molecular weight excluding hydrogens is 450 g/mol. The van der Waals surface area contributed by atoms with Gasteiger partial charge in [-0.2, -0.15) is 0 Å². The van der Waals surface area contributed by atoms with Gasteiger partial charge in [-0.3, -0.25) is 4.90 Å². The number of aromatic nitrogens is 3. The van der Waals surface area contributed by atoms with Crippen LogP contribution in [0, 0.1) is 0 Å². The van der Waals surface area contributed by atoms with E-state index in [1.165, 1.54) is 28.9 Å². The molecule has 36 heavy (non-hydrogen) atoms. The Morgan fingerprint density at radius 2 is 1.97 bits per heavy atom. The normalized spacial score (nSPS) is 22.8. The number of rotatable bonds is 6. The molecule has 8 heteroatoms. The molecule has 5 heterocycles. The molecule has 3 aliphatic heterocycles. The minimum Gasteiger partial charge on any atom is -0.378 e. The zero-order chi connectivity index (χ0) is 24.2. The monoisotopic (exact) mass is 487 g/mol. The highest BCUT2D eigenvalue weighted by atomic mass is 16.5. The summed E-state index contributed by atoms with van der Waals surface area (Å²) in [6.07, 6.45) is 16.1. The molecule has 2 fully saturated rings. The van der Waals surface area contributed by atoms with E-state index < -0.39 is 0 Å². The Morgan fingerprint density at radius 1 is 1.03 bits per heavy atom. The molecule has 1 aliphatic carbocycles. The van der Waals surface area contributed by atoms with E-state index in [2.05, 4.69) is 60.3 Å². The maximum Gasteiger partial charge on any atom is 0.136 e. The number of fused-ring (bicyclic) bond motifs is 1. The zero-order valence-electron chi connectivity index (χ0n) is 21.1. The lowest BCUT2D eigenvalue weighted by atomic mass is 10.0. The molecule has 1 unspecified atom stereocenters. The van der Waals surface area contributed by atoms with Crippen molar-refractivity contribution in [1.82, 2.24) is 19.9 Å². The highest BCUT2D eigenvalue weighted by molar-refractivity contribution is 5.55. The van der Waals surface area contributed by atoms with Crippen LogP contribution in [0.3, 0.4) is 0 Å². The van der Waals surface area contributed by atoms with E-state index in [4.69, 9.17) is 9.72 Å². The quantitative estimate of drug-likeness (QED) is 0.665. The van der Waals surface area contributed by atoms with Crippen LogP contribution in [0.5, 0.6) is 0 Å². The largest absolute Gasteiger partial charge is 0.378 e. The zero-order valence-corrected chi connectivity index (χ0v) is 21.1. The number of piperidine rings is 1. The van der Waals surface area contributed by atoms with Gasteiger partial charge in [0.05, 0.1) is 18.9 Å². The maximum absolute atomic E-state index is 5.51. The number of anilines is 3. The number of ether oxygens (including phenoxy) is 1. The molecule has 0 radical (unpaired) electrons. The van der Waals surface area contributed by atoms with Gasteiger partial charge in [0.1, 0.15) is 18.0 Å². The summed E-state index contributed by atoms with van der Waals surface area (Å²) in [5, 5.41) is 3.72. The molecule has 4 aliphatic rings. The maximum atomic E-state index is 5.51. The van der Waals surface area contributed by atoms with Crippen molar-refractivity contribution in [2.24, 2.45) is 0 Å². The highest BCUT2D eigenvalue weighted by Gasteiger charge is 2.28. The second-order valence-electron chi connectivity index (χ2n) is 10.3. The van der Waals surface area contributed by atoms with Gasteiger partial charge in [-0.1, -0.05) is 23.8 Å². The Kier molecular flexibility index (Phi) is 7.14. The van der Waals surface area contributed by atoms with Gasteiger partial charge in [0, 0.05) is 81.8 Å². The first-order valence-corrected chi connectivity index (χ1v) is 13.5. The number of hydrogen-bond donors (Lipinski definition) is 1. The second kappa shape index (κ2) is 11.0. The van der Waals surface area contributed by atoms with Gasteiger partial charge in [0.25, 0.3) is 0 Å². The van der Waals surface area contributed by atoms with Crippen LogP contribution < -0.4 is 15.1 Å². The third kappa shape index (κ3) is 5.39. The van der Waals surface area contributed by atoms with Gasteiger partial charge in [0.15, 0.2) is 0 Å². The summed E-state index contributed by atoms with van der Waals surface area (Å²) >= 11 is 0. The molecule has 1 atom stereocenters. The van der Waals surface area contributed by atoms with Crippen molar-refractivity contribution in [2.75, 3.05) is 67.6 Å². The van der Waals surface area contributed by atoms with Crippen LogP contribution in [0.1, 0.15) is 36.9 Å². The van der Waals surface area contributed by atoms with E-state index in [1.54, 1.807) is 6.33 Å². The van der Waals surface area contributed by atoms with Crippen LogP contribution in [0.25, 0.3) is 0 Å². The van der Waals surface area contributed by atoms with Crippen molar-refractivity contribution in [3.63, 3.8) is 0 Å². The van der Waals surface area contributed by atoms with Crippen LogP contribution in [0.2, 0.25) is 0 Å². The fraction of sp³-hybridized carbons (Fsp3) is 0.536. The summed E-state index contributed by atoms with van der Waals surface area (Å²) < 4.78 is 5.51. The summed E-state index contributed by atoms with van der Waals surface area (Å²) in [7, 11) is 0. The van der Waals surface area contributed by atoms with Crippen molar-refractivity contribution < 1.29 is 4.74 Å². The molecule has 0 saturated carbocycles. The second-order valence-corrected chi connectivity index (χ2v) is 10.3. The van der Waals surface area contributed by atoms with Crippen LogP contribution in [-0.4, -0.2) is 78.4 Å². The van der Waals surface area contributed by atoms with E-state index in [0.29, 0.717) is 6.04 Å². The van der Waals surface area contributed by atoms with Gasteiger partial charge in [-0.05, 0) is 31.7 Å². The fourth-order valence-electron chi connectivity index (χ4n) is 5.87. The summed E-state index contributed by atoms with van der Waals surface area (Å²) in [5.74, 6) is 2.08. The van der Waals surface area contributed by atoms with Crippen LogP contribution >= 0.6 is 0 Å². The van der Waals surface area contributed by atoms with Crippen LogP contribution in [0.4, 0.5) is 17.3 Å². The van der Waals surface area contributed by atoms with E-state index in [-0.39, 0.29) is 0 Å². The minimum atomic E-state index is 0.343. The molecule has 1 N–H and O–H groups in total. The summed E-state index contributed by atoms with van der Waals surface area (Å²) in [6.45, 7) is 8.48. The van der Waals surface area contributed by atoms with Gasteiger partial charge in [-0.15, -0.1) is 0 Å². The molecule has 2 saturated heterocycles. The van der Waals surface area contributed by atoms with Gasteiger partial charge in [0.2, 0.25) is 0 Å². The molecule has 190 valence electrons. The van der Waals surface area contributed by atoms with E-state index in [9.17, 15) is 0 Å². The Bertz CT molecular complexity index is 1110. The third-order valence-corrected chi connectivity index (χ3v) is 7.78. The number of hydrogen-bond acceptors (Lipinski definition) is 8. The van der Waals surface area contributed by atoms with Crippen molar-refractivity contribution in [3.8, 4) is 0 Å². The Balaban J connectivity index is 1.13. The topological polar surface area (TPSA) is 69.7 Å². The number of pyridine rings is 1. The molecule has 2 aromatic heterocycles. The van der Waals surface area contributed by atoms with E-state index >= 15 is 0 Å². The minimum absolute atomic E-state index is 0.343. The molecule has 8 nitrogen and oxygen atoms in total. The van der Waals surface area contributed by atoms with Crippen molar-refractivity contribution >= 4 is 17.3 Å². The fourth-order valence-corrected chi connectivity index (χ4v) is 5.87. The van der Waals surface area contributed by atoms with Crippen molar-refractivity contribution in [1.29, 1.82) is 0 Å². The average Bonchev–Trinajstić information content (AvgIpc) is 2.94. The summed E-state index contributed by atoms with van der Waals surface area (Å²) in [5.41, 5.74) is 5.30. The van der Waals surface area contributed by atoms with E-state index in [0.717, 1.165) is 96.3 Å². The predicted molar refractivity (Wildman–Crippen MR) is 144 cm³/mol. The van der Waals surface area contributed by atoms with Crippen LogP contribution in [-0.2, 0) is 17.7 Å². The molecule has 0 aromatic carbocycles. The highest BCUT2D eigenvalue weighted by Crippen LogP contribution is 2.29. The standard InChI is InChI=1S/C28H37N7O/c1-2-5-22(6-3-1)18-33-12-9-26-25(20-33)28(31-21-30-26)35-11-4-7-23(19-35)32-27-17-24(8-10-29-27)34-13-15-36-16-14-34/h1-2,5,8,10,17,21,23H,3-4,6-7,9,11-16,18-20H2,(H,29,32). The molecular formula is C28H37N7O. The van der Waals surface area contributed by atoms with Crippen molar-refractivity contribution in [2.45, 2.75) is 44.7 Å². The Morgan fingerprint density at radius 3 is 2.86 bits per heavy atom. The lowest BCUT2D eigenvalue weighted by molar-refractivity contribution is 0.122. The number of allylic oxidation sites excluding steroid dienone is 3. The first-order chi connectivity index (χ1) is 17.8. The average molecular weight is 488 g/mol. The van der Waals surface area contributed by atoms with E-state index in [1.807, 2.05) is 6.20 Å². The Hall–Kier alpha value is -2.97. The molecule has 0 amide bonds. The smallest absolute Gasteiger partial charge is 0.136 e. The van der Waals surface area contributed by atoms with Gasteiger partial charge < -0.3 is 19.9 Å². The first-order valence-electron chi connectivity index (χ1n) is 13.5.